The van der Waals surface area contributed by atoms with Crippen molar-refractivity contribution in [1.82, 2.24) is 19.5 Å². The minimum atomic E-state index is -4.64. The molecule has 0 aliphatic carbocycles. The number of nitrogens with zero attached hydrogens (tertiary/aromatic N) is 4. The minimum absolute atomic E-state index is 0.0656. The number of phosphoric acid groups is 1. The zero-order valence-corrected chi connectivity index (χ0v) is 13.7. The molecule has 10 nitrogen and oxygen atoms in total. The van der Waals surface area contributed by atoms with Crippen LogP contribution < -0.4 is 0 Å². The number of fused-ring (bicyclic) bond motifs is 1. The van der Waals surface area contributed by atoms with Crippen molar-refractivity contribution >= 4 is 42.2 Å². The molecule has 1 aliphatic heterocycles. The summed E-state index contributed by atoms with van der Waals surface area (Å²) < 4.78 is 22.2. The largest absolute Gasteiger partial charge is 0.469 e. The van der Waals surface area contributed by atoms with E-state index in [2.05, 4.69) is 19.5 Å². The maximum absolute atomic E-state index is 10.7. The van der Waals surface area contributed by atoms with Gasteiger partial charge in [-0.3, -0.25) is 9.09 Å². The van der Waals surface area contributed by atoms with Crippen LogP contribution in [0, 0.1) is 0 Å². The molecule has 3 N–H and O–H groups in total. The number of hydrogen-bond donors (Lipinski definition) is 3. The van der Waals surface area contributed by atoms with Gasteiger partial charge >= 0.3 is 7.82 Å². The molecular formula is C10H11Cl2N4O6P. The third-order valence-corrected chi connectivity index (χ3v) is 4.19. The van der Waals surface area contributed by atoms with Crippen LogP contribution in [-0.4, -0.2) is 53.2 Å². The Bertz CT molecular complexity index is 782. The van der Waals surface area contributed by atoms with E-state index in [1.54, 1.807) is 0 Å². The van der Waals surface area contributed by atoms with E-state index in [4.69, 9.17) is 37.7 Å². The van der Waals surface area contributed by atoms with Crippen molar-refractivity contribution in [2.45, 2.75) is 24.9 Å². The first-order chi connectivity index (χ1) is 10.7. The van der Waals surface area contributed by atoms with Crippen LogP contribution in [0.2, 0.25) is 10.4 Å². The van der Waals surface area contributed by atoms with E-state index in [0.29, 0.717) is 11.2 Å². The summed E-state index contributed by atoms with van der Waals surface area (Å²) in [5.41, 5.74) is 0.646. The molecule has 1 aliphatic rings. The zero-order valence-electron chi connectivity index (χ0n) is 11.3. The van der Waals surface area contributed by atoms with Crippen LogP contribution in [0.3, 0.4) is 0 Å². The lowest BCUT2D eigenvalue weighted by atomic mass is 10.2. The maximum atomic E-state index is 10.7. The van der Waals surface area contributed by atoms with Gasteiger partial charge in [0.1, 0.15) is 17.8 Å². The fraction of sp³-hybridized carbons (Fsp3) is 0.500. The quantitative estimate of drug-likeness (QED) is 0.398. The molecule has 0 bridgehead atoms. The van der Waals surface area contributed by atoms with Crippen LogP contribution in [0.15, 0.2) is 6.33 Å². The van der Waals surface area contributed by atoms with Crippen molar-refractivity contribution < 1.29 is 28.7 Å². The van der Waals surface area contributed by atoms with Gasteiger partial charge < -0.3 is 19.6 Å². The van der Waals surface area contributed by atoms with Crippen molar-refractivity contribution in [2.75, 3.05) is 6.61 Å². The van der Waals surface area contributed by atoms with Gasteiger partial charge in [0.2, 0.25) is 5.28 Å². The molecule has 13 heteroatoms. The molecule has 3 rings (SSSR count). The number of aromatic nitrogens is 4. The SMILES string of the molecule is O=P(O)(O)OC[C@H]1O[C@@H](n2cnc3c(Cl)nc(Cl)nc32)C[C@@H]1O. The summed E-state index contributed by atoms with van der Waals surface area (Å²) in [6, 6.07) is 0. The van der Waals surface area contributed by atoms with E-state index >= 15 is 0 Å². The molecule has 1 fully saturated rings. The first-order valence-corrected chi connectivity index (χ1v) is 8.62. The molecule has 1 saturated heterocycles. The average molecular weight is 385 g/mol. The van der Waals surface area contributed by atoms with Gasteiger partial charge in [0, 0.05) is 6.42 Å². The molecule has 3 atom stereocenters. The van der Waals surface area contributed by atoms with Gasteiger partial charge in [0.05, 0.1) is 19.0 Å². The number of imidazole rings is 1. The second kappa shape index (κ2) is 6.23. The summed E-state index contributed by atoms with van der Waals surface area (Å²) in [6.45, 7) is -0.453. The zero-order chi connectivity index (χ0) is 16.8. The Morgan fingerprint density at radius 2 is 2.17 bits per heavy atom. The second-order valence-electron chi connectivity index (χ2n) is 4.83. The number of aliphatic hydroxyl groups excluding tert-OH is 1. The number of phosphoric ester groups is 1. The van der Waals surface area contributed by atoms with E-state index in [-0.39, 0.29) is 16.9 Å². The maximum Gasteiger partial charge on any atom is 0.469 e. The first kappa shape index (κ1) is 17.0. The van der Waals surface area contributed by atoms with Gasteiger partial charge in [0.25, 0.3) is 0 Å². The number of hydrogen-bond acceptors (Lipinski definition) is 7. The Labute approximate surface area is 139 Å². The summed E-state index contributed by atoms with van der Waals surface area (Å²) in [5.74, 6) is 0. The Morgan fingerprint density at radius 1 is 1.43 bits per heavy atom. The standard InChI is InChI=1S/C10H11Cl2N4O6P/c11-8-7-9(15-10(12)14-8)16(3-13-7)6-1-4(17)5(22-6)2-21-23(18,19)20/h3-6,17H,1-2H2,(H2,18,19,20)/t4-,5+,6+/m0/s1. The predicted molar refractivity (Wildman–Crippen MR) is 77.9 cm³/mol. The Balaban J connectivity index is 1.82. The van der Waals surface area contributed by atoms with Gasteiger partial charge in [-0.2, -0.15) is 4.98 Å². The molecule has 0 amide bonds. The summed E-state index contributed by atoms with van der Waals surface area (Å²) in [4.78, 5) is 29.3. The highest BCUT2D eigenvalue weighted by Gasteiger charge is 2.37. The predicted octanol–water partition coefficient (Wildman–Crippen LogP) is 0.891. The van der Waals surface area contributed by atoms with Gasteiger partial charge in [-0.15, -0.1) is 0 Å². The molecule has 23 heavy (non-hydrogen) atoms. The second-order valence-corrected chi connectivity index (χ2v) is 6.76. The van der Waals surface area contributed by atoms with Crippen molar-refractivity contribution in [3.63, 3.8) is 0 Å². The highest BCUT2D eigenvalue weighted by atomic mass is 35.5. The molecule has 0 radical (unpaired) electrons. The van der Waals surface area contributed by atoms with Gasteiger partial charge in [-0.1, -0.05) is 11.6 Å². The number of halogens is 2. The third-order valence-electron chi connectivity index (χ3n) is 3.27. The fourth-order valence-corrected chi connectivity index (χ4v) is 3.04. The van der Waals surface area contributed by atoms with Crippen molar-refractivity contribution in [3.8, 4) is 0 Å². The molecule has 0 saturated carbocycles. The molecule has 0 unspecified atom stereocenters. The van der Waals surface area contributed by atoms with Crippen LogP contribution in [0.1, 0.15) is 12.6 Å². The number of aliphatic hydroxyl groups is 1. The van der Waals surface area contributed by atoms with Crippen molar-refractivity contribution in [2.24, 2.45) is 0 Å². The summed E-state index contributed by atoms with van der Waals surface area (Å²) in [5, 5.41) is 9.98. The molecular weight excluding hydrogens is 374 g/mol. The molecule has 0 aromatic carbocycles. The lowest BCUT2D eigenvalue weighted by Crippen LogP contribution is -2.25. The summed E-state index contributed by atoms with van der Waals surface area (Å²) in [7, 11) is -4.64. The van der Waals surface area contributed by atoms with Crippen LogP contribution in [-0.2, 0) is 13.8 Å². The van der Waals surface area contributed by atoms with Crippen LogP contribution in [0.25, 0.3) is 11.2 Å². The summed E-state index contributed by atoms with van der Waals surface area (Å²) >= 11 is 11.7. The van der Waals surface area contributed by atoms with Gasteiger partial charge in [-0.05, 0) is 11.6 Å². The molecule has 0 spiro atoms. The number of ether oxygens (including phenoxy) is 1. The van der Waals surface area contributed by atoms with E-state index in [0.717, 1.165) is 0 Å². The molecule has 126 valence electrons. The highest BCUT2D eigenvalue weighted by molar-refractivity contribution is 7.46. The van der Waals surface area contributed by atoms with E-state index < -0.39 is 32.9 Å². The first-order valence-electron chi connectivity index (χ1n) is 6.34. The van der Waals surface area contributed by atoms with E-state index in [9.17, 15) is 9.67 Å². The smallest absolute Gasteiger partial charge is 0.390 e. The van der Waals surface area contributed by atoms with Gasteiger partial charge in [-0.25, -0.2) is 14.5 Å². The monoisotopic (exact) mass is 384 g/mol. The Morgan fingerprint density at radius 3 is 2.87 bits per heavy atom. The fourth-order valence-electron chi connectivity index (χ4n) is 2.27. The van der Waals surface area contributed by atoms with Gasteiger partial charge in [0.15, 0.2) is 10.8 Å². The minimum Gasteiger partial charge on any atom is -0.390 e. The van der Waals surface area contributed by atoms with E-state index in [1.807, 2.05) is 0 Å². The third kappa shape index (κ3) is 3.65. The van der Waals surface area contributed by atoms with Crippen LogP contribution in [0.5, 0.6) is 0 Å². The van der Waals surface area contributed by atoms with Crippen LogP contribution >= 0.6 is 31.0 Å². The highest BCUT2D eigenvalue weighted by Crippen LogP contribution is 2.38. The topological polar surface area (TPSA) is 140 Å². The van der Waals surface area contributed by atoms with Crippen molar-refractivity contribution in [3.05, 3.63) is 16.8 Å². The normalized spacial score (nSPS) is 25.3. The average Bonchev–Trinajstić information content (AvgIpc) is 2.99. The lowest BCUT2D eigenvalue weighted by Gasteiger charge is -2.16. The van der Waals surface area contributed by atoms with Crippen LogP contribution in [0.4, 0.5) is 0 Å². The Kier molecular flexibility index (Phi) is 4.60. The van der Waals surface area contributed by atoms with Crippen molar-refractivity contribution in [1.29, 1.82) is 0 Å². The van der Waals surface area contributed by atoms with E-state index in [1.165, 1.54) is 10.9 Å². The lowest BCUT2D eigenvalue weighted by molar-refractivity contribution is -0.0424. The Hall–Kier alpha value is -0.840. The molecule has 2 aromatic rings. The number of rotatable bonds is 4. The molecule has 2 aromatic heterocycles. The molecule has 3 heterocycles. The summed E-state index contributed by atoms with van der Waals surface area (Å²) in [6.07, 6.45) is -0.984.